The fourth-order valence-corrected chi connectivity index (χ4v) is 2.06. The number of hydrogen-bond acceptors (Lipinski definition) is 4. The molecule has 0 saturated carbocycles. The maximum absolute atomic E-state index is 8.81. The largest absolute Gasteiger partial charge is 0.469 e. The number of benzene rings is 1. The number of nitrogens with zero attached hydrogens (tertiary/aromatic N) is 3. The van der Waals surface area contributed by atoms with Crippen LogP contribution in [0.2, 0.25) is 0 Å². The molecule has 0 radical (unpaired) electrons. The average molecular weight is 264 g/mol. The summed E-state index contributed by atoms with van der Waals surface area (Å²) in [4.78, 5) is 0. The number of rotatable bonds is 2. The van der Waals surface area contributed by atoms with Crippen molar-refractivity contribution >= 4 is 5.82 Å². The Hall–Kier alpha value is -3.00. The molecule has 3 aromatic rings. The van der Waals surface area contributed by atoms with Gasteiger partial charge < -0.3 is 10.2 Å². The smallest absolute Gasteiger partial charge is 0.127 e. The lowest BCUT2D eigenvalue weighted by atomic mass is 10.2. The molecule has 0 bridgehead atoms. The number of anilines is 1. The lowest BCUT2D eigenvalue weighted by molar-refractivity contribution is 0.535. The van der Waals surface area contributed by atoms with Crippen LogP contribution in [0.25, 0.3) is 16.9 Å². The number of nitriles is 1. The molecule has 20 heavy (non-hydrogen) atoms. The van der Waals surface area contributed by atoms with Crippen molar-refractivity contribution in [3.63, 3.8) is 0 Å². The van der Waals surface area contributed by atoms with Crippen molar-refractivity contribution in [2.75, 3.05) is 5.73 Å². The Labute approximate surface area is 115 Å². The molecule has 3 rings (SSSR count). The fourth-order valence-electron chi connectivity index (χ4n) is 2.06. The van der Waals surface area contributed by atoms with Gasteiger partial charge in [-0.3, -0.25) is 0 Å². The molecule has 0 atom stereocenters. The summed E-state index contributed by atoms with van der Waals surface area (Å²) in [5.41, 5.74) is 9.10. The van der Waals surface area contributed by atoms with Crippen molar-refractivity contribution in [3.05, 3.63) is 54.0 Å². The topological polar surface area (TPSA) is 80.8 Å². The Morgan fingerprint density at radius 1 is 1.25 bits per heavy atom. The van der Waals surface area contributed by atoms with E-state index in [0.717, 1.165) is 22.7 Å². The van der Waals surface area contributed by atoms with E-state index in [2.05, 4.69) is 11.2 Å². The number of hydrogen-bond donors (Lipinski definition) is 1. The quantitative estimate of drug-likeness (QED) is 0.771. The molecule has 0 unspecified atom stereocenters. The Kier molecular flexibility index (Phi) is 2.77. The van der Waals surface area contributed by atoms with Gasteiger partial charge in [0.05, 0.1) is 29.3 Å². The van der Waals surface area contributed by atoms with Crippen LogP contribution in [0.4, 0.5) is 5.82 Å². The number of aryl methyl sites for hydroxylation is 1. The molecule has 5 nitrogen and oxygen atoms in total. The molecule has 2 heterocycles. The van der Waals surface area contributed by atoms with Gasteiger partial charge in [-0.2, -0.15) is 10.4 Å². The monoisotopic (exact) mass is 264 g/mol. The van der Waals surface area contributed by atoms with E-state index in [4.69, 9.17) is 15.4 Å². The van der Waals surface area contributed by atoms with Crippen molar-refractivity contribution < 1.29 is 4.42 Å². The third-order valence-corrected chi connectivity index (χ3v) is 3.11. The molecule has 0 fully saturated rings. The third kappa shape index (κ3) is 1.93. The maximum Gasteiger partial charge on any atom is 0.127 e. The van der Waals surface area contributed by atoms with Crippen LogP contribution in [-0.4, -0.2) is 9.78 Å². The molecule has 2 N–H and O–H groups in total. The van der Waals surface area contributed by atoms with Crippen LogP contribution in [0.3, 0.4) is 0 Å². The molecule has 0 amide bonds. The van der Waals surface area contributed by atoms with Gasteiger partial charge >= 0.3 is 0 Å². The zero-order valence-corrected chi connectivity index (χ0v) is 10.9. The zero-order chi connectivity index (χ0) is 14.1. The molecule has 0 saturated heterocycles. The second-order valence-electron chi connectivity index (χ2n) is 4.42. The molecular formula is C15H12N4O. The first-order chi connectivity index (χ1) is 9.69. The van der Waals surface area contributed by atoms with Gasteiger partial charge in [0.15, 0.2) is 0 Å². The Morgan fingerprint density at radius 3 is 2.60 bits per heavy atom. The summed E-state index contributed by atoms with van der Waals surface area (Å²) >= 11 is 0. The van der Waals surface area contributed by atoms with Crippen LogP contribution >= 0.6 is 0 Å². The first-order valence-corrected chi connectivity index (χ1v) is 6.09. The van der Waals surface area contributed by atoms with Crippen molar-refractivity contribution in [3.8, 4) is 23.0 Å². The second kappa shape index (κ2) is 4.59. The van der Waals surface area contributed by atoms with Gasteiger partial charge in [-0.15, -0.1) is 0 Å². The zero-order valence-electron chi connectivity index (χ0n) is 10.9. The van der Waals surface area contributed by atoms with E-state index < -0.39 is 0 Å². The van der Waals surface area contributed by atoms with Gasteiger partial charge in [0.2, 0.25) is 0 Å². The van der Waals surface area contributed by atoms with E-state index in [9.17, 15) is 0 Å². The third-order valence-electron chi connectivity index (χ3n) is 3.11. The van der Waals surface area contributed by atoms with Crippen molar-refractivity contribution in [1.29, 1.82) is 5.26 Å². The number of aromatic nitrogens is 2. The Bertz CT molecular complexity index is 790. The van der Waals surface area contributed by atoms with Crippen LogP contribution in [0.5, 0.6) is 0 Å². The second-order valence-corrected chi connectivity index (χ2v) is 4.42. The van der Waals surface area contributed by atoms with E-state index in [1.165, 1.54) is 0 Å². The summed E-state index contributed by atoms with van der Waals surface area (Å²) in [6.45, 7) is 1.88. The summed E-state index contributed by atoms with van der Waals surface area (Å²) < 4.78 is 6.92. The Balaban J connectivity index is 2.05. The molecule has 5 heteroatoms. The molecule has 0 aliphatic heterocycles. The molecule has 98 valence electrons. The predicted octanol–water partition coefficient (Wildman–Crippen LogP) is 2.89. The van der Waals surface area contributed by atoms with E-state index in [-0.39, 0.29) is 0 Å². The first kappa shape index (κ1) is 12.1. The van der Waals surface area contributed by atoms with Gasteiger partial charge in [0, 0.05) is 11.6 Å². The van der Waals surface area contributed by atoms with E-state index in [1.54, 1.807) is 29.1 Å². The summed E-state index contributed by atoms with van der Waals surface area (Å²) in [7, 11) is 0. The van der Waals surface area contributed by atoms with Crippen molar-refractivity contribution in [2.45, 2.75) is 6.92 Å². The maximum atomic E-state index is 8.81. The highest BCUT2D eigenvalue weighted by Crippen LogP contribution is 2.26. The van der Waals surface area contributed by atoms with Gasteiger partial charge in [-0.25, -0.2) is 4.68 Å². The lowest BCUT2D eigenvalue weighted by Gasteiger charge is -2.03. The van der Waals surface area contributed by atoms with E-state index in [0.29, 0.717) is 11.4 Å². The van der Waals surface area contributed by atoms with Crippen LogP contribution in [0.1, 0.15) is 11.3 Å². The molecule has 0 aliphatic carbocycles. The van der Waals surface area contributed by atoms with E-state index in [1.807, 2.05) is 25.1 Å². The van der Waals surface area contributed by atoms with Gasteiger partial charge in [0.25, 0.3) is 0 Å². The van der Waals surface area contributed by atoms with E-state index >= 15 is 0 Å². The van der Waals surface area contributed by atoms with Crippen LogP contribution in [-0.2, 0) is 0 Å². The summed E-state index contributed by atoms with van der Waals surface area (Å²) in [6.07, 6.45) is 1.63. The number of nitrogen functional groups attached to an aromatic ring is 1. The van der Waals surface area contributed by atoms with Crippen LogP contribution in [0.15, 0.2) is 47.1 Å². The molecular weight excluding hydrogens is 252 g/mol. The molecule has 0 aliphatic rings. The van der Waals surface area contributed by atoms with Gasteiger partial charge in [0.1, 0.15) is 11.6 Å². The van der Waals surface area contributed by atoms with Crippen molar-refractivity contribution in [2.24, 2.45) is 0 Å². The number of furan rings is 1. The normalized spacial score (nSPS) is 10.4. The summed E-state index contributed by atoms with van der Waals surface area (Å²) in [6, 6.07) is 12.8. The highest BCUT2D eigenvalue weighted by molar-refractivity contribution is 5.65. The molecule has 2 aromatic heterocycles. The highest BCUT2D eigenvalue weighted by Gasteiger charge is 2.12. The molecule has 1 aromatic carbocycles. The fraction of sp³-hybridized carbons (Fsp3) is 0.0667. The van der Waals surface area contributed by atoms with Crippen molar-refractivity contribution in [1.82, 2.24) is 9.78 Å². The minimum absolute atomic E-state index is 0.533. The summed E-state index contributed by atoms with van der Waals surface area (Å²) in [5.74, 6) is 1.33. The van der Waals surface area contributed by atoms with Crippen LogP contribution < -0.4 is 5.73 Å². The molecule has 0 spiro atoms. The van der Waals surface area contributed by atoms with Gasteiger partial charge in [-0.1, -0.05) is 0 Å². The first-order valence-electron chi connectivity index (χ1n) is 6.09. The SMILES string of the molecule is Cc1occc1-c1cc(N)n(-c2ccc(C#N)cc2)n1. The van der Waals surface area contributed by atoms with Crippen LogP contribution in [0, 0.1) is 18.3 Å². The summed E-state index contributed by atoms with van der Waals surface area (Å²) in [5, 5.41) is 13.3. The van der Waals surface area contributed by atoms with Gasteiger partial charge in [-0.05, 0) is 37.3 Å². The lowest BCUT2D eigenvalue weighted by Crippen LogP contribution is -2.01. The standard InChI is InChI=1S/C15H12N4O/c1-10-13(6-7-20-10)14-8-15(17)19(18-14)12-4-2-11(9-16)3-5-12/h2-8H,17H2,1H3. The highest BCUT2D eigenvalue weighted by atomic mass is 16.3. The minimum atomic E-state index is 0.533. The number of nitrogens with two attached hydrogens (primary N) is 1. The average Bonchev–Trinajstić information content (AvgIpc) is 3.05. The Morgan fingerprint density at radius 2 is 2.00 bits per heavy atom. The predicted molar refractivity (Wildman–Crippen MR) is 75.1 cm³/mol. The minimum Gasteiger partial charge on any atom is -0.469 e.